The van der Waals surface area contributed by atoms with Crippen molar-refractivity contribution in [1.82, 2.24) is 9.80 Å². The molecule has 1 fully saturated rings. The molecule has 138 valence electrons. The van der Waals surface area contributed by atoms with Crippen molar-refractivity contribution in [3.8, 4) is 0 Å². The third-order valence-electron chi connectivity index (χ3n) is 3.99. The summed E-state index contributed by atoms with van der Waals surface area (Å²) in [5.74, 6) is 0. The lowest BCUT2D eigenvalue weighted by atomic mass is 10.1. The number of piperazine rings is 1. The fourth-order valence-electron chi connectivity index (χ4n) is 2.96. The largest absolute Gasteiger partial charge is 0.445 e. The van der Waals surface area contributed by atoms with Crippen LogP contribution in [0.3, 0.4) is 0 Å². The van der Waals surface area contributed by atoms with Crippen LogP contribution in [0, 0.1) is 0 Å². The molecule has 2 atom stereocenters. The second kappa shape index (κ2) is 7.76. The van der Waals surface area contributed by atoms with E-state index in [1.807, 2.05) is 65.0 Å². The second-order valence-electron chi connectivity index (χ2n) is 7.53. The maximum absolute atomic E-state index is 12.4. The molecule has 1 aliphatic heterocycles. The van der Waals surface area contributed by atoms with Gasteiger partial charge >= 0.3 is 12.2 Å². The average Bonchev–Trinajstić information content (AvgIpc) is 2.51. The number of rotatable bonds is 2. The molecular formula is C19H28N2O4. The Balaban J connectivity index is 1.92. The molecule has 2 rings (SSSR count). The molecule has 0 bridgehead atoms. The molecule has 0 aliphatic carbocycles. The van der Waals surface area contributed by atoms with Crippen LogP contribution in [0.5, 0.6) is 0 Å². The molecule has 1 saturated heterocycles. The summed E-state index contributed by atoms with van der Waals surface area (Å²) in [5, 5.41) is 0. The van der Waals surface area contributed by atoms with Crippen molar-refractivity contribution in [3.63, 3.8) is 0 Å². The van der Waals surface area contributed by atoms with Crippen molar-refractivity contribution >= 4 is 12.2 Å². The van der Waals surface area contributed by atoms with E-state index in [4.69, 9.17) is 9.47 Å². The Labute approximate surface area is 149 Å². The van der Waals surface area contributed by atoms with Crippen molar-refractivity contribution < 1.29 is 19.1 Å². The molecule has 1 aliphatic rings. The van der Waals surface area contributed by atoms with Gasteiger partial charge in [-0.25, -0.2) is 9.59 Å². The number of amides is 2. The van der Waals surface area contributed by atoms with Gasteiger partial charge in [-0.15, -0.1) is 0 Å². The minimum absolute atomic E-state index is 0.136. The first-order valence-electron chi connectivity index (χ1n) is 8.64. The van der Waals surface area contributed by atoms with E-state index in [0.717, 1.165) is 5.56 Å². The molecule has 1 aromatic rings. The average molecular weight is 348 g/mol. The first-order chi connectivity index (χ1) is 11.7. The van der Waals surface area contributed by atoms with Crippen LogP contribution in [0.2, 0.25) is 0 Å². The zero-order valence-electron chi connectivity index (χ0n) is 15.7. The van der Waals surface area contributed by atoms with Crippen molar-refractivity contribution in [3.05, 3.63) is 35.9 Å². The lowest BCUT2D eigenvalue weighted by Gasteiger charge is -2.43. The molecule has 1 aromatic carbocycles. The molecule has 25 heavy (non-hydrogen) atoms. The summed E-state index contributed by atoms with van der Waals surface area (Å²) in [6.45, 7) is 10.5. The fraction of sp³-hybridized carbons (Fsp3) is 0.579. The fourth-order valence-corrected chi connectivity index (χ4v) is 2.96. The van der Waals surface area contributed by atoms with Crippen molar-refractivity contribution in [2.45, 2.75) is 58.9 Å². The molecule has 6 nitrogen and oxygen atoms in total. The Morgan fingerprint density at radius 3 is 2.12 bits per heavy atom. The summed E-state index contributed by atoms with van der Waals surface area (Å²) < 4.78 is 10.9. The lowest BCUT2D eigenvalue weighted by molar-refractivity contribution is -0.0160. The summed E-state index contributed by atoms with van der Waals surface area (Å²) in [6, 6.07) is 9.30. The van der Waals surface area contributed by atoms with E-state index >= 15 is 0 Å². The summed E-state index contributed by atoms with van der Waals surface area (Å²) in [4.78, 5) is 28.1. The first-order valence-corrected chi connectivity index (χ1v) is 8.64. The van der Waals surface area contributed by atoms with Gasteiger partial charge in [-0.3, -0.25) is 4.90 Å². The molecule has 0 spiro atoms. The monoisotopic (exact) mass is 348 g/mol. The predicted octanol–water partition coefficient (Wildman–Crippen LogP) is 3.65. The molecule has 1 heterocycles. The number of carbonyl (C=O) groups excluding carboxylic acids is 2. The van der Waals surface area contributed by atoms with E-state index in [1.54, 1.807) is 9.80 Å². The van der Waals surface area contributed by atoms with Gasteiger partial charge in [0.15, 0.2) is 0 Å². The Morgan fingerprint density at radius 1 is 1.04 bits per heavy atom. The highest BCUT2D eigenvalue weighted by Gasteiger charge is 2.37. The standard InChI is InChI=1S/C19H28N2O4/c1-14-11-20(17(22)24-13-16-9-7-6-8-10-16)12-15(2)21(14)18(23)25-19(3,4)5/h6-10,14-15H,11-13H2,1-5H3/t14-,15-/m1/s1. The summed E-state index contributed by atoms with van der Waals surface area (Å²) >= 11 is 0. The Morgan fingerprint density at radius 2 is 1.60 bits per heavy atom. The van der Waals surface area contributed by atoms with Crippen molar-refractivity contribution in [2.24, 2.45) is 0 Å². The lowest BCUT2D eigenvalue weighted by Crippen LogP contribution is -2.60. The van der Waals surface area contributed by atoms with Crippen LogP contribution < -0.4 is 0 Å². The quantitative estimate of drug-likeness (QED) is 0.818. The van der Waals surface area contributed by atoms with Gasteiger partial charge < -0.3 is 14.4 Å². The Bertz CT molecular complexity index is 585. The molecule has 0 aromatic heterocycles. The zero-order valence-corrected chi connectivity index (χ0v) is 15.7. The van der Waals surface area contributed by atoms with Crippen LogP contribution in [0.25, 0.3) is 0 Å². The maximum Gasteiger partial charge on any atom is 0.410 e. The predicted molar refractivity (Wildman–Crippen MR) is 95.2 cm³/mol. The molecule has 0 unspecified atom stereocenters. The first kappa shape index (κ1) is 19.1. The summed E-state index contributed by atoms with van der Waals surface area (Å²) in [7, 11) is 0. The van der Waals surface area contributed by atoms with E-state index in [2.05, 4.69) is 0 Å². The van der Waals surface area contributed by atoms with Crippen LogP contribution >= 0.6 is 0 Å². The highest BCUT2D eigenvalue weighted by molar-refractivity contribution is 5.71. The van der Waals surface area contributed by atoms with Crippen molar-refractivity contribution in [1.29, 1.82) is 0 Å². The van der Waals surface area contributed by atoms with Gasteiger partial charge in [0.2, 0.25) is 0 Å². The van der Waals surface area contributed by atoms with Crippen molar-refractivity contribution in [2.75, 3.05) is 13.1 Å². The SMILES string of the molecule is C[C@@H]1CN(C(=O)OCc2ccccc2)C[C@@H](C)N1C(=O)OC(C)(C)C. The third kappa shape index (κ3) is 5.37. The van der Waals surface area contributed by atoms with E-state index in [9.17, 15) is 9.59 Å². The topological polar surface area (TPSA) is 59.1 Å². The highest BCUT2D eigenvalue weighted by atomic mass is 16.6. The Hall–Kier alpha value is -2.24. The van der Waals surface area contributed by atoms with Crippen LogP contribution in [0.15, 0.2) is 30.3 Å². The number of nitrogens with zero attached hydrogens (tertiary/aromatic N) is 2. The van der Waals surface area contributed by atoms with Gasteiger partial charge in [-0.2, -0.15) is 0 Å². The van der Waals surface area contributed by atoms with Gasteiger partial charge in [0.25, 0.3) is 0 Å². The molecule has 0 saturated carbocycles. The molecule has 2 amide bonds. The number of hydrogen-bond donors (Lipinski definition) is 0. The number of carbonyl (C=O) groups is 2. The summed E-state index contributed by atoms with van der Waals surface area (Å²) in [6.07, 6.45) is -0.698. The van der Waals surface area contributed by atoms with E-state index in [-0.39, 0.29) is 30.9 Å². The molecule has 6 heteroatoms. The van der Waals surface area contributed by atoms with Gasteiger partial charge in [-0.05, 0) is 40.2 Å². The second-order valence-corrected chi connectivity index (χ2v) is 7.53. The minimum Gasteiger partial charge on any atom is -0.445 e. The zero-order chi connectivity index (χ0) is 18.6. The van der Waals surface area contributed by atoms with E-state index < -0.39 is 5.60 Å². The molecule has 0 radical (unpaired) electrons. The van der Waals surface area contributed by atoms with Crippen LogP contribution in [-0.4, -0.2) is 52.8 Å². The molecular weight excluding hydrogens is 320 g/mol. The van der Waals surface area contributed by atoms with Crippen LogP contribution in [0.4, 0.5) is 9.59 Å². The van der Waals surface area contributed by atoms with Crippen LogP contribution in [-0.2, 0) is 16.1 Å². The number of hydrogen-bond acceptors (Lipinski definition) is 4. The summed E-state index contributed by atoms with van der Waals surface area (Å²) in [5.41, 5.74) is 0.409. The van der Waals surface area contributed by atoms with Crippen LogP contribution in [0.1, 0.15) is 40.2 Å². The van der Waals surface area contributed by atoms with E-state index in [0.29, 0.717) is 13.1 Å². The Kier molecular flexibility index (Phi) is 5.93. The smallest absolute Gasteiger partial charge is 0.410 e. The van der Waals surface area contributed by atoms with Gasteiger partial charge in [-0.1, -0.05) is 30.3 Å². The number of benzene rings is 1. The minimum atomic E-state index is -0.539. The van der Waals surface area contributed by atoms with Gasteiger partial charge in [0.05, 0.1) is 12.1 Å². The third-order valence-corrected chi connectivity index (χ3v) is 3.99. The normalized spacial score (nSPS) is 21.0. The number of ether oxygens (including phenoxy) is 2. The maximum atomic E-state index is 12.4. The van der Waals surface area contributed by atoms with Gasteiger partial charge in [0.1, 0.15) is 12.2 Å². The van der Waals surface area contributed by atoms with E-state index in [1.165, 1.54) is 0 Å². The highest BCUT2D eigenvalue weighted by Crippen LogP contribution is 2.20. The molecule has 0 N–H and O–H groups in total. The van der Waals surface area contributed by atoms with Gasteiger partial charge in [0, 0.05) is 13.1 Å².